The molecular formula is C8H15N5O2. The molecule has 0 aromatic carbocycles. The smallest absolute Gasteiger partial charge is 0.366 e. The molecule has 1 heterocycles. The predicted molar refractivity (Wildman–Crippen MR) is 56.9 cm³/mol. The van der Waals surface area contributed by atoms with E-state index in [1.165, 1.54) is 6.20 Å². The van der Waals surface area contributed by atoms with Crippen LogP contribution in [0.5, 0.6) is 0 Å². The van der Waals surface area contributed by atoms with Crippen LogP contribution in [-0.2, 0) is 0 Å². The van der Waals surface area contributed by atoms with Crippen LogP contribution in [0, 0.1) is 10.1 Å². The molecule has 0 amide bonds. The van der Waals surface area contributed by atoms with Crippen molar-refractivity contribution in [3.63, 3.8) is 0 Å². The number of hydrogen-bond acceptors (Lipinski definition) is 5. The SMILES string of the molecule is CC(CNc1cn[nH]c1[N+](=O)[O-])N(C)C. The van der Waals surface area contributed by atoms with E-state index in [9.17, 15) is 10.1 Å². The summed E-state index contributed by atoms with van der Waals surface area (Å²) in [6, 6.07) is 0.291. The fourth-order valence-electron chi connectivity index (χ4n) is 0.988. The number of H-pyrrole nitrogens is 1. The summed E-state index contributed by atoms with van der Waals surface area (Å²) >= 11 is 0. The number of nitro groups is 1. The third-order valence-corrected chi connectivity index (χ3v) is 2.27. The van der Waals surface area contributed by atoms with Crippen LogP contribution in [0.1, 0.15) is 6.92 Å². The van der Waals surface area contributed by atoms with E-state index in [1.807, 2.05) is 25.9 Å². The minimum atomic E-state index is -0.490. The number of rotatable bonds is 5. The molecule has 1 atom stereocenters. The van der Waals surface area contributed by atoms with E-state index in [1.54, 1.807) is 0 Å². The number of anilines is 1. The second-order valence-electron chi connectivity index (χ2n) is 3.58. The molecule has 1 aromatic heterocycles. The quantitative estimate of drug-likeness (QED) is 0.554. The molecule has 1 rings (SSSR count). The van der Waals surface area contributed by atoms with Gasteiger partial charge in [0.05, 0.1) is 0 Å². The molecule has 0 aliphatic heterocycles. The fraction of sp³-hybridized carbons (Fsp3) is 0.625. The first-order valence-corrected chi connectivity index (χ1v) is 4.60. The zero-order valence-electron chi connectivity index (χ0n) is 9.02. The predicted octanol–water partition coefficient (Wildman–Crippen LogP) is 0.680. The number of nitrogens with zero attached hydrogens (tertiary/aromatic N) is 3. The Labute approximate surface area is 87.6 Å². The summed E-state index contributed by atoms with van der Waals surface area (Å²) in [6.07, 6.45) is 1.42. The van der Waals surface area contributed by atoms with Crippen molar-refractivity contribution < 1.29 is 4.92 Å². The molecule has 15 heavy (non-hydrogen) atoms. The largest absolute Gasteiger partial charge is 0.375 e. The highest BCUT2D eigenvalue weighted by Gasteiger charge is 2.15. The average molecular weight is 213 g/mol. The molecule has 0 saturated heterocycles. The van der Waals surface area contributed by atoms with Crippen LogP contribution in [0.15, 0.2) is 6.20 Å². The lowest BCUT2D eigenvalue weighted by Gasteiger charge is -2.19. The van der Waals surface area contributed by atoms with Gasteiger partial charge in [-0.2, -0.15) is 0 Å². The monoisotopic (exact) mass is 213 g/mol. The minimum Gasteiger partial charge on any atom is -0.375 e. The minimum absolute atomic E-state index is 0.0963. The topological polar surface area (TPSA) is 87.1 Å². The Balaban J connectivity index is 2.58. The van der Waals surface area contributed by atoms with Crippen molar-refractivity contribution in [2.45, 2.75) is 13.0 Å². The Hall–Kier alpha value is -1.63. The van der Waals surface area contributed by atoms with E-state index in [2.05, 4.69) is 15.5 Å². The van der Waals surface area contributed by atoms with Gasteiger partial charge in [-0.1, -0.05) is 5.10 Å². The van der Waals surface area contributed by atoms with Gasteiger partial charge in [0.1, 0.15) is 6.20 Å². The van der Waals surface area contributed by atoms with Crippen molar-refractivity contribution in [2.24, 2.45) is 0 Å². The van der Waals surface area contributed by atoms with Crippen LogP contribution < -0.4 is 5.32 Å². The molecule has 0 aliphatic carbocycles. The summed E-state index contributed by atoms with van der Waals surface area (Å²) in [5, 5.41) is 19.5. The first-order chi connectivity index (χ1) is 7.02. The van der Waals surface area contributed by atoms with Crippen LogP contribution in [0.4, 0.5) is 11.5 Å². The molecule has 1 unspecified atom stereocenters. The van der Waals surface area contributed by atoms with Gasteiger partial charge >= 0.3 is 5.82 Å². The zero-order valence-corrected chi connectivity index (χ0v) is 9.02. The van der Waals surface area contributed by atoms with Crippen LogP contribution in [0.3, 0.4) is 0 Å². The highest BCUT2D eigenvalue weighted by Crippen LogP contribution is 2.19. The average Bonchev–Trinajstić information content (AvgIpc) is 2.61. The van der Waals surface area contributed by atoms with Crippen molar-refractivity contribution in [3.05, 3.63) is 16.3 Å². The molecule has 0 saturated carbocycles. The number of likely N-dealkylation sites (N-methyl/N-ethyl adjacent to an activating group) is 1. The van der Waals surface area contributed by atoms with E-state index in [4.69, 9.17) is 0 Å². The first-order valence-electron chi connectivity index (χ1n) is 4.60. The van der Waals surface area contributed by atoms with Gasteiger partial charge in [-0.3, -0.25) is 0 Å². The Kier molecular flexibility index (Phi) is 3.62. The van der Waals surface area contributed by atoms with Crippen molar-refractivity contribution in [2.75, 3.05) is 26.0 Å². The number of aromatic amines is 1. The summed E-state index contributed by atoms with van der Waals surface area (Å²) in [4.78, 5) is 12.1. The summed E-state index contributed by atoms with van der Waals surface area (Å²) in [7, 11) is 3.91. The van der Waals surface area contributed by atoms with E-state index >= 15 is 0 Å². The lowest BCUT2D eigenvalue weighted by molar-refractivity contribution is -0.388. The number of nitrogens with one attached hydrogen (secondary N) is 2. The van der Waals surface area contributed by atoms with Gasteiger partial charge in [0.2, 0.25) is 0 Å². The van der Waals surface area contributed by atoms with Gasteiger partial charge in [-0.15, -0.1) is 5.10 Å². The van der Waals surface area contributed by atoms with Crippen molar-refractivity contribution in [1.29, 1.82) is 0 Å². The standard InChI is InChI=1S/C8H15N5O2/c1-6(12(2)3)4-9-7-5-10-11-8(7)13(14)15/h5-6,9H,4H2,1-3H3,(H,10,11). The van der Waals surface area contributed by atoms with Gasteiger partial charge in [0.15, 0.2) is 5.69 Å². The van der Waals surface area contributed by atoms with E-state index in [-0.39, 0.29) is 5.82 Å². The highest BCUT2D eigenvalue weighted by molar-refractivity contribution is 5.55. The molecule has 1 aromatic rings. The Morgan fingerprint density at radius 1 is 1.73 bits per heavy atom. The maximum atomic E-state index is 10.5. The van der Waals surface area contributed by atoms with E-state index < -0.39 is 4.92 Å². The van der Waals surface area contributed by atoms with Crippen LogP contribution >= 0.6 is 0 Å². The molecule has 0 radical (unpaired) electrons. The second kappa shape index (κ2) is 4.74. The summed E-state index contributed by atoms with van der Waals surface area (Å²) in [6.45, 7) is 2.66. The Morgan fingerprint density at radius 3 is 2.93 bits per heavy atom. The second-order valence-corrected chi connectivity index (χ2v) is 3.58. The van der Waals surface area contributed by atoms with Crippen molar-refractivity contribution >= 4 is 11.5 Å². The number of hydrogen-bond donors (Lipinski definition) is 2. The van der Waals surface area contributed by atoms with Gasteiger partial charge < -0.3 is 20.3 Å². The molecule has 0 fully saturated rings. The molecule has 7 heteroatoms. The van der Waals surface area contributed by atoms with Crippen molar-refractivity contribution in [3.8, 4) is 0 Å². The summed E-state index contributed by atoms with van der Waals surface area (Å²) in [5.74, 6) is -0.0963. The molecular weight excluding hydrogens is 198 g/mol. The summed E-state index contributed by atoms with van der Waals surface area (Å²) < 4.78 is 0. The van der Waals surface area contributed by atoms with E-state index in [0.29, 0.717) is 18.3 Å². The molecule has 0 aliphatic rings. The summed E-state index contributed by atoms with van der Waals surface area (Å²) in [5.41, 5.74) is 0.425. The van der Waals surface area contributed by atoms with Crippen molar-refractivity contribution in [1.82, 2.24) is 15.1 Å². The van der Waals surface area contributed by atoms with E-state index in [0.717, 1.165) is 0 Å². The van der Waals surface area contributed by atoms with Crippen LogP contribution in [0.25, 0.3) is 0 Å². The normalized spacial score (nSPS) is 12.8. The van der Waals surface area contributed by atoms with Gasteiger partial charge in [-0.05, 0) is 25.9 Å². The maximum Gasteiger partial charge on any atom is 0.366 e. The highest BCUT2D eigenvalue weighted by atomic mass is 16.6. The zero-order chi connectivity index (χ0) is 11.4. The maximum absolute atomic E-state index is 10.5. The molecule has 0 spiro atoms. The van der Waals surface area contributed by atoms with Gasteiger partial charge in [0.25, 0.3) is 0 Å². The lowest BCUT2D eigenvalue weighted by Crippen LogP contribution is -2.31. The Morgan fingerprint density at radius 2 is 2.40 bits per heavy atom. The molecule has 84 valence electrons. The van der Waals surface area contributed by atoms with Gasteiger partial charge in [0, 0.05) is 12.6 Å². The number of aromatic nitrogens is 2. The molecule has 0 bridgehead atoms. The van der Waals surface area contributed by atoms with Crippen LogP contribution in [-0.4, -0.2) is 46.7 Å². The lowest BCUT2D eigenvalue weighted by atomic mass is 10.3. The Bertz CT molecular complexity index is 336. The fourth-order valence-corrected chi connectivity index (χ4v) is 0.988. The van der Waals surface area contributed by atoms with Crippen LogP contribution in [0.2, 0.25) is 0 Å². The third-order valence-electron chi connectivity index (χ3n) is 2.27. The first kappa shape index (κ1) is 11.4. The molecule has 2 N–H and O–H groups in total. The molecule has 7 nitrogen and oxygen atoms in total. The van der Waals surface area contributed by atoms with Gasteiger partial charge in [-0.25, -0.2) is 0 Å². The third kappa shape index (κ3) is 2.91.